The number of oxime groups is 1. The van der Waals surface area contributed by atoms with Crippen molar-refractivity contribution in [1.29, 1.82) is 0 Å². The maximum Gasteiger partial charge on any atom is 0.416 e. The topological polar surface area (TPSA) is 76.6 Å². The number of fused-ring (bicyclic) bond motifs is 4. The van der Waals surface area contributed by atoms with Crippen LogP contribution in [0.5, 0.6) is 0 Å². The highest BCUT2D eigenvalue weighted by molar-refractivity contribution is 5.97. The van der Waals surface area contributed by atoms with Crippen LogP contribution in [-0.4, -0.2) is 20.4 Å². The molecule has 0 bridgehead atoms. The molecule has 160 valence electrons. The number of benzene rings is 3. The Morgan fingerprint density at radius 3 is 1.94 bits per heavy atom. The van der Waals surface area contributed by atoms with Gasteiger partial charge in [0.2, 0.25) is 0 Å². The van der Waals surface area contributed by atoms with Gasteiger partial charge >= 0.3 is 6.18 Å². The van der Waals surface area contributed by atoms with E-state index in [4.69, 9.17) is 0 Å². The summed E-state index contributed by atoms with van der Waals surface area (Å²) < 4.78 is 41.2. The van der Waals surface area contributed by atoms with Crippen LogP contribution < -0.4 is 11.1 Å². The van der Waals surface area contributed by atoms with E-state index in [-0.39, 0.29) is 16.6 Å². The van der Waals surface area contributed by atoms with Gasteiger partial charge in [-0.15, -0.1) is 0 Å². The Kier molecular flexibility index (Phi) is 4.30. The first-order valence-corrected chi connectivity index (χ1v) is 9.59. The number of aromatic nitrogens is 2. The standard InChI is InChI=1S/C23H14F3N3O3/c24-23(25,26)14-11-9-13(10-12-14)19-17-7-3-4-8-18(17)28-21(30)15-5-1-2-6-16(15)22(31)29(28)20(19)27-32/h1-12,19,32H/b27-20+. The zero-order valence-electron chi connectivity index (χ0n) is 16.2. The minimum absolute atomic E-state index is 0.139. The molecule has 0 saturated carbocycles. The highest BCUT2D eigenvalue weighted by Gasteiger charge is 2.36. The zero-order valence-corrected chi connectivity index (χ0v) is 16.2. The third-order valence-corrected chi connectivity index (χ3v) is 5.60. The van der Waals surface area contributed by atoms with Gasteiger partial charge in [0.15, 0.2) is 5.84 Å². The molecule has 1 unspecified atom stereocenters. The Bertz CT molecular complexity index is 1520. The summed E-state index contributed by atoms with van der Waals surface area (Å²) in [6.45, 7) is 0. The molecule has 0 aliphatic carbocycles. The van der Waals surface area contributed by atoms with Crippen molar-refractivity contribution in [2.24, 2.45) is 5.16 Å². The molecular weight excluding hydrogens is 423 g/mol. The van der Waals surface area contributed by atoms with Crippen LogP contribution in [0.15, 0.2) is 87.5 Å². The first-order valence-electron chi connectivity index (χ1n) is 9.59. The molecule has 0 radical (unpaired) electrons. The lowest BCUT2D eigenvalue weighted by atomic mass is 9.87. The van der Waals surface area contributed by atoms with Crippen LogP contribution in [0.2, 0.25) is 0 Å². The normalized spacial score (nSPS) is 16.7. The fourth-order valence-electron chi connectivity index (χ4n) is 4.17. The fourth-order valence-corrected chi connectivity index (χ4v) is 4.17. The summed E-state index contributed by atoms with van der Waals surface area (Å²) in [5.74, 6) is -1.06. The van der Waals surface area contributed by atoms with Crippen LogP contribution in [0.25, 0.3) is 16.5 Å². The van der Waals surface area contributed by atoms with E-state index in [0.717, 1.165) is 21.5 Å². The number of nitrogens with zero attached hydrogens (tertiary/aromatic N) is 3. The first kappa shape index (κ1) is 19.8. The number of hydrogen-bond donors (Lipinski definition) is 1. The third kappa shape index (κ3) is 2.78. The summed E-state index contributed by atoms with van der Waals surface area (Å²) in [7, 11) is 0. The molecule has 32 heavy (non-hydrogen) atoms. The van der Waals surface area contributed by atoms with Gasteiger partial charge in [-0.1, -0.05) is 47.6 Å². The molecule has 6 nitrogen and oxygen atoms in total. The maximum absolute atomic E-state index is 13.3. The zero-order chi connectivity index (χ0) is 22.6. The fraction of sp³-hybridized carbons (Fsp3) is 0.0870. The molecule has 1 aromatic heterocycles. The van der Waals surface area contributed by atoms with Gasteiger partial charge in [0.25, 0.3) is 11.1 Å². The van der Waals surface area contributed by atoms with Crippen molar-refractivity contribution < 1.29 is 18.4 Å². The minimum Gasteiger partial charge on any atom is -0.409 e. The summed E-state index contributed by atoms with van der Waals surface area (Å²) in [5, 5.41) is 13.6. The van der Waals surface area contributed by atoms with Crippen molar-refractivity contribution in [1.82, 2.24) is 9.36 Å². The van der Waals surface area contributed by atoms with Crippen molar-refractivity contribution in [2.45, 2.75) is 12.1 Å². The number of para-hydroxylation sites is 1. The number of rotatable bonds is 1. The van der Waals surface area contributed by atoms with E-state index in [1.165, 1.54) is 24.3 Å². The summed E-state index contributed by atoms with van der Waals surface area (Å²) in [6.07, 6.45) is -4.51. The van der Waals surface area contributed by atoms with Crippen LogP contribution >= 0.6 is 0 Å². The highest BCUT2D eigenvalue weighted by Crippen LogP contribution is 2.36. The quantitative estimate of drug-likeness (QED) is 0.362. The minimum atomic E-state index is -4.51. The van der Waals surface area contributed by atoms with Crippen LogP contribution in [0.3, 0.4) is 0 Å². The van der Waals surface area contributed by atoms with Gasteiger partial charge in [-0.05, 0) is 41.5 Å². The molecule has 9 heteroatoms. The van der Waals surface area contributed by atoms with Crippen molar-refractivity contribution in [3.05, 3.63) is 110 Å². The first-order chi connectivity index (χ1) is 15.3. The van der Waals surface area contributed by atoms with Gasteiger partial charge in [0.05, 0.1) is 27.9 Å². The Morgan fingerprint density at radius 2 is 1.34 bits per heavy atom. The van der Waals surface area contributed by atoms with Crippen molar-refractivity contribution in [2.75, 3.05) is 0 Å². The van der Waals surface area contributed by atoms with E-state index in [1.54, 1.807) is 36.4 Å². The molecule has 5 rings (SSSR count). The molecule has 1 aliphatic heterocycles. The van der Waals surface area contributed by atoms with Gasteiger partial charge in [0, 0.05) is 0 Å². The predicted molar refractivity (Wildman–Crippen MR) is 112 cm³/mol. The SMILES string of the molecule is O=c1c2ccccc2c(=O)n2n1/C(=N/O)C(c1ccc(C(F)(F)F)cc1)c1ccccc1-2. The van der Waals surface area contributed by atoms with Crippen LogP contribution in [0.1, 0.15) is 22.6 Å². The van der Waals surface area contributed by atoms with E-state index in [2.05, 4.69) is 5.16 Å². The Balaban J connectivity index is 1.85. The molecule has 0 spiro atoms. The molecule has 1 atom stereocenters. The van der Waals surface area contributed by atoms with Crippen LogP contribution in [-0.2, 0) is 6.18 Å². The van der Waals surface area contributed by atoms with E-state index in [0.29, 0.717) is 16.8 Å². The lowest BCUT2D eigenvalue weighted by molar-refractivity contribution is -0.137. The van der Waals surface area contributed by atoms with Gasteiger partial charge in [-0.3, -0.25) is 9.59 Å². The van der Waals surface area contributed by atoms with Gasteiger partial charge in [0.1, 0.15) is 0 Å². The molecule has 2 heterocycles. The second-order valence-electron chi connectivity index (χ2n) is 7.35. The van der Waals surface area contributed by atoms with E-state index < -0.39 is 28.8 Å². The second kappa shape index (κ2) is 6.94. The third-order valence-electron chi connectivity index (χ3n) is 5.60. The van der Waals surface area contributed by atoms with Crippen LogP contribution in [0.4, 0.5) is 13.2 Å². The van der Waals surface area contributed by atoms with E-state index >= 15 is 0 Å². The summed E-state index contributed by atoms with van der Waals surface area (Å²) in [6, 6.07) is 17.4. The van der Waals surface area contributed by atoms with Crippen molar-refractivity contribution in [3.63, 3.8) is 0 Å². The summed E-state index contributed by atoms with van der Waals surface area (Å²) in [4.78, 5) is 26.6. The molecule has 4 aromatic rings. The van der Waals surface area contributed by atoms with E-state index in [1.807, 2.05) is 0 Å². The molecule has 1 aliphatic rings. The molecular formula is C23H14F3N3O3. The highest BCUT2D eigenvalue weighted by atomic mass is 19.4. The second-order valence-corrected chi connectivity index (χ2v) is 7.35. The maximum atomic E-state index is 13.3. The lowest BCUT2D eigenvalue weighted by Gasteiger charge is -2.31. The molecule has 1 N–H and O–H groups in total. The molecule has 3 aromatic carbocycles. The lowest BCUT2D eigenvalue weighted by Crippen LogP contribution is -2.47. The van der Waals surface area contributed by atoms with E-state index in [9.17, 15) is 28.0 Å². The smallest absolute Gasteiger partial charge is 0.409 e. The monoisotopic (exact) mass is 437 g/mol. The Hall–Kier alpha value is -4.14. The van der Waals surface area contributed by atoms with Crippen LogP contribution in [0, 0.1) is 0 Å². The summed E-state index contributed by atoms with van der Waals surface area (Å²) >= 11 is 0. The number of hydrogen-bond acceptors (Lipinski definition) is 4. The van der Waals surface area contributed by atoms with Gasteiger partial charge < -0.3 is 5.21 Å². The molecule has 0 saturated heterocycles. The predicted octanol–water partition coefficient (Wildman–Crippen LogP) is 3.95. The number of halogens is 3. The Morgan fingerprint density at radius 1 is 0.781 bits per heavy atom. The Labute approximate surface area is 178 Å². The van der Waals surface area contributed by atoms with Gasteiger partial charge in [-0.25, -0.2) is 4.68 Å². The molecule has 0 amide bonds. The average molecular weight is 437 g/mol. The molecule has 0 fully saturated rings. The average Bonchev–Trinajstić information content (AvgIpc) is 2.80. The summed E-state index contributed by atoms with van der Waals surface area (Å²) in [5.41, 5.74) is -0.641. The number of alkyl halides is 3. The van der Waals surface area contributed by atoms with Gasteiger partial charge in [-0.2, -0.15) is 17.9 Å². The van der Waals surface area contributed by atoms with Crippen molar-refractivity contribution >= 4 is 16.6 Å². The van der Waals surface area contributed by atoms with Crippen molar-refractivity contribution in [3.8, 4) is 5.69 Å². The largest absolute Gasteiger partial charge is 0.416 e.